The Labute approximate surface area is 161 Å². The molecule has 2 aliphatic heterocycles. The molecule has 1 N–H and O–H groups in total. The Morgan fingerprint density at radius 3 is 2.82 bits per heavy atom. The number of cyclic esters (lactones) is 1. The molecule has 2 aromatic rings. The number of aliphatic hydroxyl groups excluding tert-OH is 1. The van der Waals surface area contributed by atoms with Gasteiger partial charge in [-0.3, -0.25) is 9.69 Å². The van der Waals surface area contributed by atoms with Gasteiger partial charge in [0.05, 0.1) is 19.3 Å². The Bertz CT molecular complexity index is 900. The number of hydrogen-bond donors (Lipinski definition) is 1. The molecule has 9 heteroatoms. The number of amides is 2. The first-order valence-electron chi connectivity index (χ1n) is 9.40. The number of fused-ring (bicyclic) bond motifs is 1. The number of aliphatic hydroxyl groups is 1. The summed E-state index contributed by atoms with van der Waals surface area (Å²) in [5.74, 6) is 0.249. The van der Waals surface area contributed by atoms with Crippen LogP contribution in [0, 0.1) is 5.92 Å². The van der Waals surface area contributed by atoms with Gasteiger partial charge in [0.25, 0.3) is 0 Å². The summed E-state index contributed by atoms with van der Waals surface area (Å²) in [6.45, 7) is 1.87. The third kappa shape index (κ3) is 2.73. The number of anilines is 1. The molecule has 0 radical (unpaired) electrons. The van der Waals surface area contributed by atoms with E-state index in [0.29, 0.717) is 32.1 Å². The molecule has 2 saturated heterocycles. The van der Waals surface area contributed by atoms with Gasteiger partial charge >= 0.3 is 6.09 Å². The number of aromatic nitrogens is 3. The minimum atomic E-state index is -0.436. The van der Waals surface area contributed by atoms with Crippen LogP contribution in [0.15, 0.2) is 36.7 Å². The highest BCUT2D eigenvalue weighted by atomic mass is 16.6. The second-order valence-electron chi connectivity index (χ2n) is 7.78. The second kappa shape index (κ2) is 6.30. The van der Waals surface area contributed by atoms with Crippen molar-refractivity contribution < 1.29 is 19.4 Å². The van der Waals surface area contributed by atoms with Gasteiger partial charge in [-0.05, 0) is 30.0 Å². The van der Waals surface area contributed by atoms with E-state index in [2.05, 4.69) is 10.3 Å². The van der Waals surface area contributed by atoms with Crippen LogP contribution in [0.25, 0.3) is 0 Å². The smallest absolute Gasteiger partial charge is 0.414 e. The number of nitrogens with zero attached hydrogens (tertiary/aromatic N) is 5. The van der Waals surface area contributed by atoms with E-state index in [1.807, 2.05) is 24.3 Å². The van der Waals surface area contributed by atoms with Gasteiger partial charge in [0, 0.05) is 30.4 Å². The van der Waals surface area contributed by atoms with Crippen LogP contribution < -0.4 is 4.90 Å². The first kappa shape index (κ1) is 17.2. The lowest BCUT2D eigenvalue weighted by molar-refractivity contribution is -0.133. The van der Waals surface area contributed by atoms with E-state index in [9.17, 15) is 9.59 Å². The summed E-state index contributed by atoms with van der Waals surface area (Å²) in [6, 6.07) is 7.96. The average Bonchev–Trinajstić information content (AvgIpc) is 3.10. The van der Waals surface area contributed by atoms with Crippen molar-refractivity contribution in [1.82, 2.24) is 19.9 Å². The van der Waals surface area contributed by atoms with Gasteiger partial charge in [0.15, 0.2) is 0 Å². The van der Waals surface area contributed by atoms with Crippen molar-refractivity contribution in [3.05, 3.63) is 42.2 Å². The molecule has 1 aromatic heterocycles. The molecular formula is C19H21N5O4. The normalized spacial score (nSPS) is 28.4. The molecular weight excluding hydrogens is 362 g/mol. The van der Waals surface area contributed by atoms with Crippen LogP contribution in [0.2, 0.25) is 0 Å². The summed E-state index contributed by atoms with van der Waals surface area (Å²) >= 11 is 0. The maximum atomic E-state index is 12.3. The summed E-state index contributed by atoms with van der Waals surface area (Å²) in [5, 5.41) is 16.8. The molecule has 2 unspecified atom stereocenters. The van der Waals surface area contributed by atoms with Crippen molar-refractivity contribution in [2.75, 3.05) is 31.1 Å². The third-order valence-corrected chi connectivity index (χ3v) is 6.12. The van der Waals surface area contributed by atoms with Crippen molar-refractivity contribution in [2.45, 2.75) is 24.5 Å². The monoisotopic (exact) mass is 383 g/mol. The third-order valence-electron chi connectivity index (χ3n) is 6.12. The molecule has 1 aromatic carbocycles. The minimum absolute atomic E-state index is 0.00447. The van der Waals surface area contributed by atoms with Crippen LogP contribution in [0.3, 0.4) is 0 Å². The molecule has 28 heavy (non-hydrogen) atoms. The standard InChI is InChI=1S/C19H21N5O4/c25-11-17(26)22-8-14-7-19(14,12-22)13-1-3-15(4-2-13)24-10-16(28-18(24)27)9-23-6-5-20-21-23/h1-6,14,16,25H,7-12H2/t14?,16-,19?/m0/s1. The van der Waals surface area contributed by atoms with Crippen molar-refractivity contribution in [1.29, 1.82) is 0 Å². The van der Waals surface area contributed by atoms with Crippen LogP contribution in [-0.4, -0.2) is 69.3 Å². The summed E-state index contributed by atoms with van der Waals surface area (Å²) in [7, 11) is 0. The Kier molecular flexibility index (Phi) is 3.87. The zero-order valence-electron chi connectivity index (χ0n) is 15.3. The van der Waals surface area contributed by atoms with Gasteiger partial charge in [-0.2, -0.15) is 0 Å². The van der Waals surface area contributed by atoms with Gasteiger partial charge in [-0.25, -0.2) is 9.48 Å². The van der Waals surface area contributed by atoms with E-state index >= 15 is 0 Å². The highest BCUT2D eigenvalue weighted by Gasteiger charge is 2.61. The molecule has 3 fully saturated rings. The number of rotatable bonds is 5. The number of benzene rings is 1. The molecule has 5 rings (SSSR count). The predicted octanol–water partition coefficient (Wildman–Crippen LogP) is 0.396. The number of carbonyl (C=O) groups is 2. The fourth-order valence-corrected chi connectivity index (χ4v) is 4.56. The van der Waals surface area contributed by atoms with Gasteiger partial charge < -0.3 is 14.7 Å². The highest BCUT2D eigenvalue weighted by molar-refractivity contribution is 5.89. The lowest BCUT2D eigenvalue weighted by Gasteiger charge is -2.21. The van der Waals surface area contributed by atoms with Crippen LogP contribution in [0.5, 0.6) is 0 Å². The SMILES string of the molecule is O=C(CO)N1CC2CC2(c2ccc(N3C[C@H](Cn4ccnn4)OC3=O)cc2)C1. The molecule has 0 bridgehead atoms. The maximum absolute atomic E-state index is 12.3. The molecule has 9 nitrogen and oxygen atoms in total. The maximum Gasteiger partial charge on any atom is 0.414 e. The minimum Gasteiger partial charge on any atom is -0.442 e. The number of hydrogen-bond acceptors (Lipinski definition) is 6. The average molecular weight is 383 g/mol. The molecule has 3 atom stereocenters. The fourth-order valence-electron chi connectivity index (χ4n) is 4.56. The van der Waals surface area contributed by atoms with E-state index in [-0.39, 0.29) is 23.5 Å². The van der Waals surface area contributed by atoms with E-state index in [1.165, 1.54) is 5.56 Å². The van der Waals surface area contributed by atoms with Gasteiger partial charge in [-0.1, -0.05) is 17.3 Å². The molecule has 2 amide bonds. The largest absolute Gasteiger partial charge is 0.442 e. The molecule has 146 valence electrons. The lowest BCUT2D eigenvalue weighted by atomic mass is 9.94. The first-order valence-corrected chi connectivity index (χ1v) is 9.40. The van der Waals surface area contributed by atoms with Crippen molar-refractivity contribution >= 4 is 17.7 Å². The summed E-state index contributed by atoms with van der Waals surface area (Å²) < 4.78 is 7.09. The van der Waals surface area contributed by atoms with Crippen LogP contribution in [0.1, 0.15) is 12.0 Å². The van der Waals surface area contributed by atoms with Crippen LogP contribution >= 0.6 is 0 Å². The highest BCUT2D eigenvalue weighted by Crippen LogP contribution is 2.59. The molecule has 1 aliphatic carbocycles. The van der Waals surface area contributed by atoms with E-state index in [4.69, 9.17) is 9.84 Å². The van der Waals surface area contributed by atoms with Crippen molar-refractivity contribution in [3.63, 3.8) is 0 Å². The Hall–Kier alpha value is -2.94. The number of likely N-dealkylation sites (tertiary alicyclic amines) is 1. The predicted molar refractivity (Wildman–Crippen MR) is 97.5 cm³/mol. The Balaban J connectivity index is 1.27. The van der Waals surface area contributed by atoms with Crippen LogP contribution in [0.4, 0.5) is 10.5 Å². The quantitative estimate of drug-likeness (QED) is 0.802. The lowest BCUT2D eigenvalue weighted by Crippen LogP contribution is -2.34. The van der Waals surface area contributed by atoms with Gasteiger partial charge in [0.2, 0.25) is 5.91 Å². The van der Waals surface area contributed by atoms with Gasteiger partial charge in [-0.15, -0.1) is 5.10 Å². The summed E-state index contributed by atoms with van der Waals surface area (Å²) in [4.78, 5) is 27.4. The number of ether oxygens (including phenoxy) is 1. The summed E-state index contributed by atoms with van der Waals surface area (Å²) in [6.07, 6.45) is 3.76. The van der Waals surface area contributed by atoms with Crippen LogP contribution in [-0.2, 0) is 21.5 Å². The topological polar surface area (TPSA) is 101 Å². The second-order valence-corrected chi connectivity index (χ2v) is 7.78. The van der Waals surface area contributed by atoms with E-state index in [0.717, 1.165) is 12.1 Å². The fraction of sp³-hybridized carbons (Fsp3) is 0.474. The Morgan fingerprint density at radius 1 is 1.29 bits per heavy atom. The van der Waals surface area contributed by atoms with Crippen molar-refractivity contribution in [3.8, 4) is 0 Å². The molecule has 3 aliphatic rings. The number of piperidine rings is 1. The summed E-state index contributed by atoms with van der Waals surface area (Å²) in [5.41, 5.74) is 1.98. The zero-order valence-corrected chi connectivity index (χ0v) is 15.3. The molecule has 1 saturated carbocycles. The zero-order chi connectivity index (χ0) is 19.3. The molecule has 3 heterocycles. The van der Waals surface area contributed by atoms with E-state index < -0.39 is 6.61 Å². The van der Waals surface area contributed by atoms with Crippen molar-refractivity contribution in [2.24, 2.45) is 5.92 Å². The number of carbonyl (C=O) groups excluding carboxylic acids is 2. The van der Waals surface area contributed by atoms with E-state index in [1.54, 1.807) is 26.9 Å². The Morgan fingerprint density at radius 2 is 2.11 bits per heavy atom. The van der Waals surface area contributed by atoms with Gasteiger partial charge in [0.1, 0.15) is 12.7 Å². The first-order chi connectivity index (χ1) is 13.6. The molecule has 0 spiro atoms.